The number of carbonyl (C=O) groups excluding carboxylic acids is 1. The van der Waals surface area contributed by atoms with Crippen molar-refractivity contribution in [2.75, 3.05) is 22.4 Å². The van der Waals surface area contributed by atoms with E-state index in [0.29, 0.717) is 10.7 Å². The Morgan fingerprint density at radius 1 is 1.21 bits per heavy atom. The van der Waals surface area contributed by atoms with Gasteiger partial charge >= 0.3 is 0 Å². The molecular weight excluding hydrogens is 378 g/mol. The monoisotopic (exact) mass is 390 g/mol. The number of amides is 1. The van der Waals surface area contributed by atoms with Crippen LogP contribution in [0.3, 0.4) is 0 Å². The molecule has 5 nitrogen and oxygen atoms in total. The van der Waals surface area contributed by atoms with Gasteiger partial charge in [-0.15, -0.1) is 0 Å². The summed E-state index contributed by atoms with van der Waals surface area (Å²) >= 11 is 11.5. The predicted octanol–water partition coefficient (Wildman–Crippen LogP) is 3.54. The fourth-order valence-corrected chi connectivity index (χ4v) is 3.15. The predicted molar refractivity (Wildman–Crippen MR) is 93.7 cm³/mol. The Labute approximate surface area is 149 Å². The van der Waals surface area contributed by atoms with Crippen LogP contribution in [-0.4, -0.2) is 27.1 Å². The second-order valence-electron chi connectivity index (χ2n) is 4.93. The molecular formula is C15H13Cl2FN2O3S. The van der Waals surface area contributed by atoms with E-state index in [1.807, 2.05) is 0 Å². The highest BCUT2D eigenvalue weighted by atomic mass is 35.5. The lowest BCUT2D eigenvalue weighted by atomic mass is 10.3. The van der Waals surface area contributed by atoms with E-state index in [-0.39, 0.29) is 10.7 Å². The van der Waals surface area contributed by atoms with Gasteiger partial charge in [0.1, 0.15) is 12.4 Å². The van der Waals surface area contributed by atoms with Gasteiger partial charge in [-0.2, -0.15) is 0 Å². The lowest BCUT2D eigenvalue weighted by molar-refractivity contribution is -0.114. The molecule has 0 saturated carbocycles. The molecule has 9 heteroatoms. The summed E-state index contributed by atoms with van der Waals surface area (Å²) in [5.74, 6) is -1.26. The van der Waals surface area contributed by atoms with Gasteiger partial charge in [0.15, 0.2) is 0 Å². The zero-order valence-corrected chi connectivity index (χ0v) is 14.8. The Morgan fingerprint density at radius 3 is 2.50 bits per heavy atom. The van der Waals surface area contributed by atoms with E-state index in [9.17, 15) is 17.6 Å². The highest BCUT2D eigenvalue weighted by Crippen LogP contribution is 2.24. The van der Waals surface area contributed by atoms with Crippen molar-refractivity contribution < 1.29 is 17.6 Å². The molecule has 2 aromatic carbocycles. The second-order valence-corrected chi connectivity index (χ2v) is 7.68. The molecule has 24 heavy (non-hydrogen) atoms. The van der Waals surface area contributed by atoms with Gasteiger partial charge in [0.05, 0.1) is 17.0 Å². The lowest BCUT2D eigenvalue weighted by Gasteiger charge is -2.22. The molecule has 0 saturated heterocycles. The van der Waals surface area contributed by atoms with Crippen LogP contribution in [-0.2, 0) is 14.8 Å². The molecule has 0 fully saturated rings. The third-order valence-corrected chi connectivity index (χ3v) is 4.65. The molecule has 1 amide bonds. The Balaban J connectivity index is 2.23. The molecule has 1 N–H and O–H groups in total. The quantitative estimate of drug-likeness (QED) is 0.848. The van der Waals surface area contributed by atoms with E-state index in [4.69, 9.17) is 23.2 Å². The highest BCUT2D eigenvalue weighted by molar-refractivity contribution is 7.92. The molecule has 0 atom stereocenters. The Morgan fingerprint density at radius 2 is 1.92 bits per heavy atom. The smallest absolute Gasteiger partial charge is 0.245 e. The molecule has 0 aliphatic carbocycles. The van der Waals surface area contributed by atoms with Crippen molar-refractivity contribution >= 4 is 50.5 Å². The number of nitrogens with zero attached hydrogens (tertiary/aromatic N) is 1. The first-order valence-corrected chi connectivity index (χ1v) is 9.25. The van der Waals surface area contributed by atoms with Crippen LogP contribution in [0.4, 0.5) is 15.8 Å². The summed E-state index contributed by atoms with van der Waals surface area (Å²) in [6.45, 7) is -0.493. The minimum atomic E-state index is -3.78. The van der Waals surface area contributed by atoms with Crippen LogP contribution in [0.2, 0.25) is 10.0 Å². The number of hydrogen-bond donors (Lipinski definition) is 1. The van der Waals surface area contributed by atoms with E-state index < -0.39 is 28.3 Å². The second kappa shape index (κ2) is 7.38. The summed E-state index contributed by atoms with van der Waals surface area (Å²) in [7, 11) is -3.78. The third kappa shape index (κ3) is 4.83. The maximum Gasteiger partial charge on any atom is 0.245 e. The number of halogens is 3. The normalized spacial score (nSPS) is 11.2. The van der Waals surface area contributed by atoms with E-state index in [1.165, 1.54) is 12.1 Å². The molecule has 0 heterocycles. The first-order valence-electron chi connectivity index (χ1n) is 6.65. The molecule has 0 aliphatic heterocycles. The SMILES string of the molecule is CS(=O)(=O)N(CC(=O)Nc1cccc(Cl)c1)c1ccc(F)c(Cl)c1. The van der Waals surface area contributed by atoms with Crippen molar-refractivity contribution in [3.8, 4) is 0 Å². The van der Waals surface area contributed by atoms with Gasteiger partial charge in [0.25, 0.3) is 0 Å². The van der Waals surface area contributed by atoms with Crippen molar-refractivity contribution in [2.45, 2.75) is 0 Å². The van der Waals surface area contributed by atoms with Crippen molar-refractivity contribution in [3.05, 3.63) is 58.3 Å². The summed E-state index contributed by atoms with van der Waals surface area (Å²) < 4.78 is 38.0. The number of sulfonamides is 1. The zero-order valence-electron chi connectivity index (χ0n) is 12.5. The van der Waals surface area contributed by atoms with Crippen LogP contribution < -0.4 is 9.62 Å². The zero-order chi connectivity index (χ0) is 17.9. The first kappa shape index (κ1) is 18.5. The molecule has 0 aromatic heterocycles. The van der Waals surface area contributed by atoms with Gasteiger partial charge in [-0.3, -0.25) is 9.10 Å². The van der Waals surface area contributed by atoms with Crippen LogP contribution in [0.25, 0.3) is 0 Å². The number of benzene rings is 2. The Bertz CT molecular complexity index is 875. The van der Waals surface area contributed by atoms with E-state index in [0.717, 1.165) is 22.7 Å². The molecule has 2 aromatic rings. The van der Waals surface area contributed by atoms with Gasteiger partial charge < -0.3 is 5.32 Å². The highest BCUT2D eigenvalue weighted by Gasteiger charge is 2.21. The van der Waals surface area contributed by atoms with Gasteiger partial charge in [-0.05, 0) is 36.4 Å². The minimum Gasteiger partial charge on any atom is -0.324 e. The third-order valence-electron chi connectivity index (χ3n) is 2.99. The lowest BCUT2D eigenvalue weighted by Crippen LogP contribution is -2.37. The topological polar surface area (TPSA) is 66.5 Å². The van der Waals surface area contributed by atoms with E-state index in [2.05, 4.69) is 5.32 Å². The van der Waals surface area contributed by atoms with Crippen molar-refractivity contribution in [1.29, 1.82) is 0 Å². The molecule has 0 spiro atoms. The van der Waals surface area contributed by atoms with Crippen molar-refractivity contribution in [2.24, 2.45) is 0 Å². The van der Waals surface area contributed by atoms with Crippen LogP contribution in [0.5, 0.6) is 0 Å². The van der Waals surface area contributed by atoms with Crippen molar-refractivity contribution in [3.63, 3.8) is 0 Å². The average Bonchev–Trinajstić information content (AvgIpc) is 2.47. The summed E-state index contributed by atoms with van der Waals surface area (Å²) in [6.07, 6.45) is 0.941. The summed E-state index contributed by atoms with van der Waals surface area (Å²) in [5, 5.41) is 2.73. The van der Waals surface area contributed by atoms with E-state index >= 15 is 0 Å². The number of rotatable bonds is 5. The Hall–Kier alpha value is -1.83. The van der Waals surface area contributed by atoms with Gasteiger partial charge in [-0.25, -0.2) is 12.8 Å². The average molecular weight is 391 g/mol. The number of nitrogens with one attached hydrogen (secondary N) is 1. The van der Waals surface area contributed by atoms with Gasteiger partial charge in [0, 0.05) is 10.7 Å². The minimum absolute atomic E-state index is 0.0881. The van der Waals surface area contributed by atoms with Crippen LogP contribution >= 0.6 is 23.2 Å². The Kier molecular flexibility index (Phi) is 5.69. The number of hydrogen-bond acceptors (Lipinski definition) is 3. The fourth-order valence-electron chi connectivity index (χ4n) is 1.94. The standard InChI is InChI=1S/C15H13Cl2FN2O3S/c1-24(22,23)20(12-5-6-14(18)13(17)8-12)9-15(21)19-11-4-2-3-10(16)7-11/h2-8H,9H2,1H3,(H,19,21). The molecule has 0 aliphatic rings. The molecule has 2 rings (SSSR count). The maximum absolute atomic E-state index is 13.3. The molecule has 0 unspecified atom stereocenters. The largest absolute Gasteiger partial charge is 0.324 e. The van der Waals surface area contributed by atoms with Crippen LogP contribution in [0, 0.1) is 5.82 Å². The molecule has 128 valence electrons. The number of carbonyl (C=O) groups is 1. The van der Waals surface area contributed by atoms with Crippen LogP contribution in [0.15, 0.2) is 42.5 Å². The first-order chi connectivity index (χ1) is 11.2. The summed E-state index contributed by atoms with van der Waals surface area (Å²) in [4.78, 5) is 12.1. The van der Waals surface area contributed by atoms with Crippen molar-refractivity contribution in [1.82, 2.24) is 0 Å². The summed E-state index contributed by atoms with van der Waals surface area (Å²) in [6, 6.07) is 9.83. The number of anilines is 2. The molecule has 0 bridgehead atoms. The van der Waals surface area contributed by atoms with E-state index in [1.54, 1.807) is 18.2 Å². The molecule has 0 radical (unpaired) electrons. The fraction of sp³-hybridized carbons (Fsp3) is 0.133. The van der Waals surface area contributed by atoms with Gasteiger partial charge in [-0.1, -0.05) is 29.3 Å². The van der Waals surface area contributed by atoms with Crippen LogP contribution in [0.1, 0.15) is 0 Å². The van der Waals surface area contributed by atoms with Gasteiger partial charge in [0.2, 0.25) is 15.9 Å². The maximum atomic E-state index is 13.3. The summed E-state index contributed by atoms with van der Waals surface area (Å²) in [5.41, 5.74) is 0.517.